The van der Waals surface area contributed by atoms with E-state index in [1.807, 2.05) is 32.0 Å². The first-order chi connectivity index (χ1) is 13.0. The molecule has 27 heavy (non-hydrogen) atoms. The fraction of sp³-hybridized carbons (Fsp3) is 0.579. The number of pyridine rings is 1. The number of fused-ring (bicyclic) bond motifs is 1. The van der Waals surface area contributed by atoms with Crippen molar-refractivity contribution in [1.29, 1.82) is 0 Å². The molecule has 1 atom stereocenters. The van der Waals surface area contributed by atoms with Crippen LogP contribution in [0.4, 0.5) is 0 Å². The van der Waals surface area contributed by atoms with E-state index in [-0.39, 0.29) is 12.5 Å². The molecule has 0 unspecified atom stereocenters. The van der Waals surface area contributed by atoms with Crippen molar-refractivity contribution in [3.63, 3.8) is 0 Å². The smallest absolute Gasteiger partial charge is 0.332 e. The van der Waals surface area contributed by atoms with Gasteiger partial charge in [0, 0.05) is 32.4 Å². The molecule has 1 saturated heterocycles. The Kier molecular flexibility index (Phi) is 4.69. The third-order valence-corrected chi connectivity index (χ3v) is 5.21. The van der Waals surface area contributed by atoms with Crippen LogP contribution in [0.15, 0.2) is 34.0 Å². The van der Waals surface area contributed by atoms with Crippen molar-refractivity contribution >= 4 is 0 Å². The zero-order chi connectivity index (χ0) is 19.0. The summed E-state index contributed by atoms with van der Waals surface area (Å²) < 4.78 is 8.98. The molecule has 0 aromatic carbocycles. The summed E-state index contributed by atoms with van der Waals surface area (Å²) in [5, 5.41) is 4.37. The molecule has 4 rings (SSSR count). The first-order valence-corrected chi connectivity index (χ1v) is 9.43. The van der Waals surface area contributed by atoms with Crippen molar-refractivity contribution in [2.24, 2.45) is 5.92 Å². The van der Waals surface area contributed by atoms with Gasteiger partial charge in [0.15, 0.2) is 5.82 Å². The largest absolute Gasteiger partial charge is 0.364 e. The molecule has 1 spiro atoms. The lowest BCUT2D eigenvalue weighted by molar-refractivity contribution is -0.0860. The number of aromatic nitrogens is 4. The molecule has 0 amide bonds. The lowest BCUT2D eigenvalue weighted by Gasteiger charge is -2.35. The van der Waals surface area contributed by atoms with Gasteiger partial charge in [-0.15, -0.1) is 0 Å². The Labute approximate surface area is 157 Å². The molecule has 0 saturated carbocycles. The second-order valence-electron chi connectivity index (χ2n) is 7.94. The quantitative estimate of drug-likeness (QED) is 0.734. The molecular weight excluding hydrogens is 346 g/mol. The van der Waals surface area contributed by atoms with Gasteiger partial charge in [-0.1, -0.05) is 19.9 Å². The summed E-state index contributed by atoms with van der Waals surface area (Å²) >= 11 is 0. The molecule has 144 valence electrons. The van der Waals surface area contributed by atoms with E-state index in [4.69, 9.17) is 4.74 Å². The molecule has 1 fully saturated rings. The highest BCUT2D eigenvalue weighted by atomic mass is 16.5. The summed E-state index contributed by atoms with van der Waals surface area (Å²) in [5.41, 5.74) is -0.468. The Hall–Kier alpha value is -2.32. The van der Waals surface area contributed by atoms with E-state index in [0.717, 1.165) is 25.2 Å². The van der Waals surface area contributed by atoms with E-state index in [2.05, 4.69) is 15.0 Å². The Morgan fingerprint density at radius 1 is 1.22 bits per heavy atom. The van der Waals surface area contributed by atoms with Gasteiger partial charge in [0.25, 0.3) is 0 Å². The Morgan fingerprint density at radius 2 is 2.07 bits per heavy atom. The van der Waals surface area contributed by atoms with E-state index in [1.165, 1.54) is 9.25 Å². The van der Waals surface area contributed by atoms with Crippen LogP contribution in [0, 0.1) is 5.92 Å². The summed E-state index contributed by atoms with van der Waals surface area (Å²) in [6.45, 7) is 7.39. The van der Waals surface area contributed by atoms with Gasteiger partial charge >= 0.3 is 11.1 Å². The van der Waals surface area contributed by atoms with Gasteiger partial charge in [-0.05, 0) is 24.5 Å². The molecule has 2 aliphatic rings. The number of nitrogens with zero attached hydrogens (tertiary/aromatic N) is 5. The van der Waals surface area contributed by atoms with Crippen LogP contribution in [0.1, 0.15) is 31.8 Å². The minimum atomic E-state index is -0.548. The van der Waals surface area contributed by atoms with Gasteiger partial charge in [-0.3, -0.25) is 24.0 Å². The van der Waals surface area contributed by atoms with E-state index < -0.39 is 16.7 Å². The van der Waals surface area contributed by atoms with Crippen molar-refractivity contribution < 1.29 is 4.74 Å². The molecule has 0 N–H and O–H groups in total. The van der Waals surface area contributed by atoms with E-state index in [9.17, 15) is 9.59 Å². The summed E-state index contributed by atoms with van der Waals surface area (Å²) in [7, 11) is 0. The summed E-state index contributed by atoms with van der Waals surface area (Å²) in [4.78, 5) is 31.7. The Balaban J connectivity index is 1.54. The van der Waals surface area contributed by atoms with Crippen LogP contribution in [0.3, 0.4) is 0 Å². The van der Waals surface area contributed by atoms with Crippen molar-refractivity contribution in [3.8, 4) is 0 Å². The Bertz CT molecular complexity index is 937. The number of hydrogen-bond donors (Lipinski definition) is 0. The van der Waals surface area contributed by atoms with Gasteiger partial charge in [-0.25, -0.2) is 4.68 Å². The first kappa shape index (κ1) is 18.1. The standard InChI is InChI=1S/C19H25N5O3/c1-14(2)9-24-18(26)17(25)23-13-19(27-11-16(23)21-24)6-8-22(12-19)10-15-5-3-4-7-20-15/h3-5,7,14H,6,8-13H2,1-2H3/t19-/m0/s1. The number of rotatable bonds is 4. The minimum absolute atomic E-state index is 0.239. The van der Waals surface area contributed by atoms with Crippen LogP contribution in [0.25, 0.3) is 0 Å². The summed E-state index contributed by atoms with van der Waals surface area (Å²) in [6, 6.07) is 5.89. The summed E-state index contributed by atoms with van der Waals surface area (Å²) in [6.07, 6.45) is 2.61. The third kappa shape index (κ3) is 3.59. The molecule has 2 aromatic rings. The average Bonchev–Trinajstić information content (AvgIpc) is 3.03. The lowest BCUT2D eigenvalue weighted by atomic mass is 10.0. The monoisotopic (exact) mass is 371 g/mol. The van der Waals surface area contributed by atoms with Gasteiger partial charge in [0.05, 0.1) is 12.2 Å². The average molecular weight is 371 g/mol. The Morgan fingerprint density at radius 3 is 2.81 bits per heavy atom. The zero-order valence-corrected chi connectivity index (χ0v) is 15.8. The maximum Gasteiger partial charge on any atom is 0.332 e. The third-order valence-electron chi connectivity index (χ3n) is 5.21. The fourth-order valence-electron chi connectivity index (χ4n) is 3.90. The van der Waals surface area contributed by atoms with E-state index >= 15 is 0 Å². The molecule has 0 aliphatic carbocycles. The van der Waals surface area contributed by atoms with Gasteiger partial charge < -0.3 is 4.74 Å². The molecule has 2 aliphatic heterocycles. The molecule has 0 bridgehead atoms. The number of ether oxygens (including phenoxy) is 1. The van der Waals surface area contributed by atoms with E-state index in [0.29, 0.717) is 25.5 Å². The summed E-state index contributed by atoms with van der Waals surface area (Å²) in [5.74, 6) is 0.775. The van der Waals surface area contributed by atoms with Crippen LogP contribution in [0.2, 0.25) is 0 Å². The van der Waals surface area contributed by atoms with Crippen molar-refractivity contribution in [3.05, 3.63) is 56.6 Å². The highest BCUT2D eigenvalue weighted by Gasteiger charge is 2.43. The molecule has 4 heterocycles. The van der Waals surface area contributed by atoms with Gasteiger partial charge in [0.2, 0.25) is 0 Å². The van der Waals surface area contributed by atoms with Crippen LogP contribution in [-0.4, -0.2) is 42.9 Å². The van der Waals surface area contributed by atoms with E-state index in [1.54, 1.807) is 6.20 Å². The van der Waals surface area contributed by atoms with Crippen LogP contribution in [-0.2, 0) is 31.0 Å². The predicted molar refractivity (Wildman–Crippen MR) is 99.2 cm³/mol. The SMILES string of the molecule is CC(C)Cn1nc2n(c(=O)c1=O)C[C@@]1(CCN(Cc3ccccn3)C1)OC2. The molecule has 8 heteroatoms. The maximum atomic E-state index is 12.6. The number of likely N-dealkylation sites (tertiary alicyclic amines) is 1. The molecule has 0 radical (unpaired) electrons. The minimum Gasteiger partial charge on any atom is -0.364 e. The number of hydrogen-bond acceptors (Lipinski definition) is 6. The van der Waals surface area contributed by atoms with Crippen molar-refractivity contribution in [2.45, 2.75) is 52.1 Å². The van der Waals surface area contributed by atoms with Crippen molar-refractivity contribution in [2.75, 3.05) is 13.1 Å². The molecule has 8 nitrogen and oxygen atoms in total. The van der Waals surface area contributed by atoms with Crippen molar-refractivity contribution in [1.82, 2.24) is 24.2 Å². The second-order valence-corrected chi connectivity index (χ2v) is 7.94. The topological polar surface area (TPSA) is 82.3 Å². The predicted octanol–water partition coefficient (Wildman–Crippen LogP) is 0.631. The lowest BCUT2D eigenvalue weighted by Crippen LogP contribution is -2.53. The van der Waals surface area contributed by atoms with Crippen LogP contribution in [0.5, 0.6) is 0 Å². The van der Waals surface area contributed by atoms with Gasteiger partial charge in [0.1, 0.15) is 12.2 Å². The first-order valence-electron chi connectivity index (χ1n) is 9.43. The van der Waals surface area contributed by atoms with Crippen LogP contribution < -0.4 is 11.1 Å². The highest BCUT2D eigenvalue weighted by Crippen LogP contribution is 2.31. The normalized spacial score (nSPS) is 22.5. The highest BCUT2D eigenvalue weighted by molar-refractivity contribution is 5.06. The molecule has 2 aromatic heterocycles. The zero-order valence-electron chi connectivity index (χ0n) is 15.8. The maximum absolute atomic E-state index is 12.6. The fourth-order valence-corrected chi connectivity index (χ4v) is 3.90. The second kappa shape index (κ2) is 7.01. The van der Waals surface area contributed by atoms with Crippen LogP contribution >= 0.6 is 0 Å². The van der Waals surface area contributed by atoms with Gasteiger partial charge in [-0.2, -0.15) is 5.10 Å². The molecular formula is C19H25N5O3.